The molecule has 1 aromatic rings. The molecule has 0 bridgehead atoms. The number of carbonyl (C=O) groups is 1. The van der Waals surface area contributed by atoms with Crippen molar-refractivity contribution in [3.8, 4) is 0 Å². The molecule has 0 radical (unpaired) electrons. The van der Waals surface area contributed by atoms with Gasteiger partial charge in [0.25, 0.3) is 5.91 Å². The number of hydrogen-bond acceptors (Lipinski definition) is 2. The molecule has 1 saturated heterocycles. The van der Waals surface area contributed by atoms with Crippen LogP contribution in [0.15, 0.2) is 5.38 Å². The lowest BCUT2D eigenvalue weighted by atomic mass is 10.1. The quantitative estimate of drug-likeness (QED) is 0.672. The van der Waals surface area contributed by atoms with E-state index in [1.54, 1.807) is 11.3 Å². The molecule has 3 heteroatoms. The van der Waals surface area contributed by atoms with Gasteiger partial charge in [-0.1, -0.05) is 0 Å². The fourth-order valence-electron chi connectivity index (χ4n) is 1.41. The van der Waals surface area contributed by atoms with E-state index >= 15 is 0 Å². The van der Waals surface area contributed by atoms with Gasteiger partial charge in [-0.25, -0.2) is 0 Å². The van der Waals surface area contributed by atoms with E-state index in [-0.39, 0.29) is 5.91 Å². The van der Waals surface area contributed by atoms with E-state index in [1.165, 1.54) is 4.88 Å². The number of thiophene rings is 1. The molecule has 2 rings (SSSR count). The van der Waals surface area contributed by atoms with Crippen LogP contribution in [-0.2, 0) is 0 Å². The topological polar surface area (TPSA) is 20.3 Å². The van der Waals surface area contributed by atoms with Crippen molar-refractivity contribution in [2.24, 2.45) is 0 Å². The monoisotopic (exact) mass is 195 g/mol. The maximum atomic E-state index is 11.8. The van der Waals surface area contributed by atoms with E-state index in [0.717, 1.165) is 30.6 Å². The summed E-state index contributed by atoms with van der Waals surface area (Å²) < 4.78 is 0. The maximum absolute atomic E-state index is 11.8. The summed E-state index contributed by atoms with van der Waals surface area (Å²) in [5, 5.41) is 1.98. The van der Waals surface area contributed by atoms with Crippen molar-refractivity contribution in [3.05, 3.63) is 21.4 Å². The lowest BCUT2D eigenvalue weighted by molar-refractivity contribution is 0.0651. The van der Waals surface area contributed by atoms with Gasteiger partial charge in [-0.05, 0) is 25.8 Å². The van der Waals surface area contributed by atoms with Gasteiger partial charge in [0.2, 0.25) is 0 Å². The lowest BCUT2D eigenvalue weighted by Crippen LogP contribution is -2.42. The summed E-state index contributed by atoms with van der Waals surface area (Å²) in [6.07, 6.45) is 1.16. The molecule has 70 valence electrons. The van der Waals surface area contributed by atoms with Gasteiger partial charge in [0.05, 0.1) is 5.56 Å². The van der Waals surface area contributed by atoms with E-state index in [4.69, 9.17) is 0 Å². The number of hydrogen-bond donors (Lipinski definition) is 0. The molecular formula is C10H13NOS. The average molecular weight is 195 g/mol. The van der Waals surface area contributed by atoms with Gasteiger partial charge in [-0.3, -0.25) is 4.79 Å². The van der Waals surface area contributed by atoms with Crippen LogP contribution in [0.4, 0.5) is 0 Å². The van der Waals surface area contributed by atoms with Crippen molar-refractivity contribution >= 4 is 17.2 Å². The van der Waals surface area contributed by atoms with Crippen molar-refractivity contribution in [1.29, 1.82) is 0 Å². The van der Waals surface area contributed by atoms with Crippen LogP contribution in [0.25, 0.3) is 0 Å². The van der Waals surface area contributed by atoms with Crippen molar-refractivity contribution in [2.75, 3.05) is 13.1 Å². The van der Waals surface area contributed by atoms with Crippen LogP contribution < -0.4 is 0 Å². The third-order valence-electron chi connectivity index (χ3n) is 2.66. The van der Waals surface area contributed by atoms with Gasteiger partial charge in [0, 0.05) is 23.3 Å². The van der Waals surface area contributed by atoms with Crippen molar-refractivity contribution in [1.82, 2.24) is 4.90 Å². The second-order valence-electron chi connectivity index (χ2n) is 3.48. The Morgan fingerprint density at radius 1 is 1.46 bits per heavy atom. The number of aryl methyl sites for hydroxylation is 1. The molecule has 0 aliphatic carbocycles. The van der Waals surface area contributed by atoms with Crippen molar-refractivity contribution in [3.63, 3.8) is 0 Å². The maximum Gasteiger partial charge on any atom is 0.254 e. The van der Waals surface area contributed by atoms with E-state index in [9.17, 15) is 4.79 Å². The Bertz CT molecular complexity index is 339. The predicted molar refractivity (Wildman–Crippen MR) is 54.3 cm³/mol. The third-order valence-corrected chi connectivity index (χ3v) is 3.67. The van der Waals surface area contributed by atoms with E-state index in [0.29, 0.717) is 0 Å². The molecule has 1 aliphatic heterocycles. The van der Waals surface area contributed by atoms with Gasteiger partial charge < -0.3 is 4.90 Å². The minimum absolute atomic E-state index is 0.216. The fourth-order valence-corrected chi connectivity index (χ4v) is 2.27. The average Bonchev–Trinajstić information content (AvgIpc) is 2.29. The van der Waals surface area contributed by atoms with Gasteiger partial charge in [0.1, 0.15) is 0 Å². The third kappa shape index (κ3) is 1.37. The van der Waals surface area contributed by atoms with Crippen LogP contribution in [0, 0.1) is 13.8 Å². The summed E-state index contributed by atoms with van der Waals surface area (Å²) >= 11 is 1.66. The lowest BCUT2D eigenvalue weighted by Gasteiger charge is -2.30. The SMILES string of the molecule is Cc1scc(C(=O)N2CCC2)c1C. The van der Waals surface area contributed by atoms with Gasteiger partial charge in [-0.15, -0.1) is 11.3 Å². The van der Waals surface area contributed by atoms with Crippen molar-refractivity contribution in [2.45, 2.75) is 20.3 Å². The smallest absolute Gasteiger partial charge is 0.254 e. The first-order valence-corrected chi connectivity index (χ1v) is 5.42. The van der Waals surface area contributed by atoms with E-state index in [1.807, 2.05) is 17.2 Å². The highest BCUT2D eigenvalue weighted by molar-refractivity contribution is 7.10. The predicted octanol–water partition coefficient (Wildman–Crippen LogP) is 2.21. The number of likely N-dealkylation sites (tertiary alicyclic amines) is 1. The molecule has 13 heavy (non-hydrogen) atoms. The zero-order valence-corrected chi connectivity index (χ0v) is 8.78. The number of nitrogens with zero attached hydrogens (tertiary/aromatic N) is 1. The first-order valence-electron chi connectivity index (χ1n) is 4.54. The zero-order valence-electron chi connectivity index (χ0n) is 7.96. The Morgan fingerprint density at radius 3 is 2.54 bits per heavy atom. The molecule has 0 saturated carbocycles. The van der Waals surface area contributed by atoms with Crippen LogP contribution in [0.2, 0.25) is 0 Å². The Hall–Kier alpha value is -0.830. The van der Waals surface area contributed by atoms with Crippen LogP contribution in [0.5, 0.6) is 0 Å². The summed E-state index contributed by atoms with van der Waals surface area (Å²) in [6, 6.07) is 0. The summed E-state index contributed by atoms with van der Waals surface area (Å²) in [5.41, 5.74) is 2.06. The highest BCUT2D eigenvalue weighted by Gasteiger charge is 2.23. The van der Waals surface area contributed by atoms with Crippen LogP contribution in [0.1, 0.15) is 27.2 Å². The fraction of sp³-hybridized carbons (Fsp3) is 0.500. The molecular weight excluding hydrogens is 182 g/mol. The van der Waals surface area contributed by atoms with Crippen molar-refractivity contribution < 1.29 is 4.79 Å². The second kappa shape index (κ2) is 3.14. The minimum atomic E-state index is 0.216. The molecule has 1 fully saturated rings. The van der Waals surface area contributed by atoms with Crippen LogP contribution in [0.3, 0.4) is 0 Å². The Balaban J connectivity index is 2.24. The highest BCUT2D eigenvalue weighted by Crippen LogP contribution is 2.23. The molecule has 2 heterocycles. The van der Waals surface area contributed by atoms with Crippen LogP contribution in [-0.4, -0.2) is 23.9 Å². The molecule has 1 aliphatic rings. The molecule has 0 N–H and O–H groups in total. The number of rotatable bonds is 1. The summed E-state index contributed by atoms with van der Waals surface area (Å²) in [5.74, 6) is 0.216. The molecule has 2 nitrogen and oxygen atoms in total. The van der Waals surface area contributed by atoms with Gasteiger partial charge >= 0.3 is 0 Å². The van der Waals surface area contributed by atoms with Crippen LogP contribution >= 0.6 is 11.3 Å². The molecule has 0 unspecified atom stereocenters. The summed E-state index contributed by atoms with van der Waals surface area (Å²) in [4.78, 5) is 15.0. The summed E-state index contributed by atoms with van der Waals surface area (Å²) in [7, 11) is 0. The summed E-state index contributed by atoms with van der Waals surface area (Å²) in [6.45, 7) is 5.96. The number of amides is 1. The van der Waals surface area contributed by atoms with Gasteiger partial charge in [0.15, 0.2) is 0 Å². The Labute approximate surface area is 82.2 Å². The van der Waals surface area contributed by atoms with E-state index < -0.39 is 0 Å². The Kier molecular flexibility index (Phi) is 2.12. The standard InChI is InChI=1S/C10H13NOS/c1-7-8(2)13-6-9(7)10(12)11-4-3-5-11/h6H,3-5H2,1-2H3. The highest BCUT2D eigenvalue weighted by atomic mass is 32.1. The minimum Gasteiger partial charge on any atom is -0.338 e. The second-order valence-corrected chi connectivity index (χ2v) is 4.56. The first kappa shape index (κ1) is 8.75. The van der Waals surface area contributed by atoms with Gasteiger partial charge in [-0.2, -0.15) is 0 Å². The Morgan fingerprint density at radius 2 is 2.15 bits per heavy atom. The first-order chi connectivity index (χ1) is 6.20. The molecule has 0 spiro atoms. The molecule has 1 aromatic heterocycles. The number of carbonyl (C=O) groups excluding carboxylic acids is 1. The molecule has 1 amide bonds. The van der Waals surface area contributed by atoms with E-state index in [2.05, 4.69) is 6.92 Å². The molecule has 0 atom stereocenters. The molecule has 0 aromatic carbocycles. The zero-order chi connectivity index (χ0) is 9.42. The largest absolute Gasteiger partial charge is 0.338 e. The normalized spacial score (nSPS) is 15.7.